The quantitative estimate of drug-likeness (QED) is 0.845. The van der Waals surface area contributed by atoms with Gasteiger partial charge in [0.2, 0.25) is 0 Å². The van der Waals surface area contributed by atoms with Gasteiger partial charge < -0.3 is 15.2 Å². The Hall–Kier alpha value is -2.50. The average Bonchev–Trinajstić information content (AvgIpc) is 2.41. The van der Waals surface area contributed by atoms with Crippen molar-refractivity contribution in [3.05, 3.63) is 34.6 Å². The molecule has 0 aliphatic rings. The zero-order chi connectivity index (χ0) is 13.1. The van der Waals surface area contributed by atoms with Crippen LogP contribution in [0.1, 0.15) is 0 Å². The van der Waals surface area contributed by atoms with Gasteiger partial charge in [-0.15, -0.1) is 0 Å². The number of nitrogens with one attached hydrogen (secondary N) is 1. The maximum Gasteiger partial charge on any atom is 0.272 e. The maximum absolute atomic E-state index is 11.7. The molecule has 18 heavy (non-hydrogen) atoms. The number of nitrogens with zero attached hydrogens (tertiary/aromatic N) is 1. The van der Waals surface area contributed by atoms with Crippen LogP contribution in [0.25, 0.3) is 11.1 Å². The lowest BCUT2D eigenvalue weighted by molar-refractivity contribution is 0.395. The number of anilines is 1. The fraction of sp³-hybridized carbons (Fsp3) is 0.167. The third-order valence-electron chi connectivity index (χ3n) is 2.52. The zero-order valence-corrected chi connectivity index (χ0v) is 10.1. The number of nitrogens with two attached hydrogens (primary N) is 1. The highest BCUT2D eigenvalue weighted by atomic mass is 16.5. The molecule has 1 aromatic heterocycles. The SMILES string of the molecule is COc1ccc(-c2cc(N)n[nH]c2=O)c(OC)c1. The third kappa shape index (κ3) is 2.13. The maximum atomic E-state index is 11.7. The minimum Gasteiger partial charge on any atom is -0.497 e. The van der Waals surface area contributed by atoms with Gasteiger partial charge in [0.25, 0.3) is 5.56 Å². The summed E-state index contributed by atoms with van der Waals surface area (Å²) in [5.41, 5.74) is 6.28. The molecule has 3 N–H and O–H groups in total. The fourth-order valence-electron chi connectivity index (χ4n) is 1.64. The second-order valence-corrected chi connectivity index (χ2v) is 3.60. The number of hydrogen-bond acceptors (Lipinski definition) is 5. The van der Waals surface area contributed by atoms with E-state index in [1.54, 1.807) is 25.3 Å². The summed E-state index contributed by atoms with van der Waals surface area (Å²) >= 11 is 0. The first-order valence-corrected chi connectivity index (χ1v) is 5.23. The van der Waals surface area contributed by atoms with E-state index in [-0.39, 0.29) is 11.4 Å². The van der Waals surface area contributed by atoms with E-state index < -0.39 is 0 Å². The van der Waals surface area contributed by atoms with Gasteiger partial charge in [0.1, 0.15) is 17.3 Å². The van der Waals surface area contributed by atoms with Crippen LogP contribution in [0.4, 0.5) is 5.82 Å². The summed E-state index contributed by atoms with van der Waals surface area (Å²) in [6, 6.07) is 6.68. The van der Waals surface area contributed by atoms with Crippen molar-refractivity contribution in [3.63, 3.8) is 0 Å². The minimum absolute atomic E-state index is 0.238. The second-order valence-electron chi connectivity index (χ2n) is 3.60. The topological polar surface area (TPSA) is 90.2 Å². The van der Waals surface area contributed by atoms with Crippen LogP contribution < -0.4 is 20.8 Å². The van der Waals surface area contributed by atoms with Crippen LogP contribution >= 0.6 is 0 Å². The van der Waals surface area contributed by atoms with Gasteiger partial charge in [-0.3, -0.25) is 4.79 Å². The highest BCUT2D eigenvalue weighted by molar-refractivity contribution is 5.72. The number of aromatic amines is 1. The highest BCUT2D eigenvalue weighted by Crippen LogP contribution is 2.31. The third-order valence-corrected chi connectivity index (χ3v) is 2.52. The van der Waals surface area contributed by atoms with Gasteiger partial charge in [-0.1, -0.05) is 0 Å². The average molecular weight is 247 g/mol. The van der Waals surface area contributed by atoms with Crippen LogP contribution in [-0.2, 0) is 0 Å². The fourth-order valence-corrected chi connectivity index (χ4v) is 1.64. The Balaban J connectivity index is 2.63. The van der Waals surface area contributed by atoms with Crippen molar-refractivity contribution < 1.29 is 9.47 Å². The van der Waals surface area contributed by atoms with Crippen molar-refractivity contribution in [3.8, 4) is 22.6 Å². The summed E-state index contributed by atoms with van der Waals surface area (Å²) in [5, 5.41) is 5.96. The predicted molar refractivity (Wildman–Crippen MR) is 67.8 cm³/mol. The Kier molecular flexibility index (Phi) is 3.18. The Labute approximate surface area is 103 Å². The molecule has 0 unspecified atom stereocenters. The van der Waals surface area contributed by atoms with Crippen LogP contribution in [0, 0.1) is 0 Å². The summed E-state index contributed by atoms with van der Waals surface area (Å²) in [7, 11) is 3.09. The van der Waals surface area contributed by atoms with E-state index in [0.717, 1.165) is 0 Å². The van der Waals surface area contributed by atoms with Gasteiger partial charge in [-0.05, 0) is 18.2 Å². The van der Waals surface area contributed by atoms with Gasteiger partial charge in [-0.25, -0.2) is 5.10 Å². The lowest BCUT2D eigenvalue weighted by atomic mass is 10.1. The standard InChI is InChI=1S/C12H13N3O3/c1-17-7-3-4-8(10(5-7)18-2)9-6-11(13)14-15-12(9)16/h3-6H,1-2H3,(H2,13,14)(H,15,16). The Morgan fingerprint density at radius 2 is 1.94 bits per heavy atom. The van der Waals surface area contributed by atoms with Crippen LogP contribution in [-0.4, -0.2) is 24.4 Å². The first-order valence-electron chi connectivity index (χ1n) is 5.23. The predicted octanol–water partition coefficient (Wildman–Crippen LogP) is 1.04. The molecule has 0 spiro atoms. The van der Waals surface area contributed by atoms with Crippen molar-refractivity contribution in [1.29, 1.82) is 0 Å². The summed E-state index contributed by atoms with van der Waals surface area (Å²) in [6.07, 6.45) is 0. The van der Waals surface area contributed by atoms with Gasteiger partial charge in [0.15, 0.2) is 0 Å². The molecule has 2 aromatic rings. The molecule has 1 aromatic carbocycles. The zero-order valence-electron chi connectivity index (χ0n) is 10.1. The number of nitrogen functional groups attached to an aromatic ring is 1. The second kappa shape index (κ2) is 4.79. The molecule has 1 heterocycles. The monoisotopic (exact) mass is 247 g/mol. The molecule has 6 nitrogen and oxygen atoms in total. The van der Waals surface area contributed by atoms with Crippen LogP contribution in [0.2, 0.25) is 0 Å². The normalized spacial score (nSPS) is 10.1. The molecule has 0 radical (unpaired) electrons. The van der Waals surface area contributed by atoms with E-state index in [1.165, 1.54) is 13.2 Å². The number of ether oxygens (including phenoxy) is 2. The Morgan fingerprint density at radius 1 is 1.17 bits per heavy atom. The summed E-state index contributed by atoms with van der Waals surface area (Å²) in [6.45, 7) is 0. The molecular formula is C12H13N3O3. The first-order chi connectivity index (χ1) is 8.65. The molecule has 0 aliphatic carbocycles. The molecule has 0 atom stereocenters. The van der Waals surface area contributed by atoms with Crippen molar-refractivity contribution in [2.75, 3.05) is 20.0 Å². The van der Waals surface area contributed by atoms with Crippen molar-refractivity contribution in [2.24, 2.45) is 0 Å². The van der Waals surface area contributed by atoms with Gasteiger partial charge in [-0.2, -0.15) is 5.10 Å². The summed E-state index contributed by atoms with van der Waals surface area (Å²) in [5.74, 6) is 1.42. The lowest BCUT2D eigenvalue weighted by Gasteiger charge is -2.09. The van der Waals surface area contributed by atoms with Crippen molar-refractivity contribution in [2.45, 2.75) is 0 Å². The largest absolute Gasteiger partial charge is 0.497 e. The number of aromatic nitrogens is 2. The molecule has 6 heteroatoms. The molecule has 0 fully saturated rings. The van der Waals surface area contributed by atoms with Gasteiger partial charge in [0, 0.05) is 11.6 Å². The van der Waals surface area contributed by atoms with E-state index >= 15 is 0 Å². The number of benzene rings is 1. The van der Waals surface area contributed by atoms with Crippen LogP contribution in [0.3, 0.4) is 0 Å². The van der Waals surface area contributed by atoms with Crippen LogP contribution in [0.5, 0.6) is 11.5 Å². The molecule has 0 saturated carbocycles. The van der Waals surface area contributed by atoms with Crippen molar-refractivity contribution >= 4 is 5.82 Å². The van der Waals surface area contributed by atoms with E-state index in [4.69, 9.17) is 15.2 Å². The first kappa shape index (κ1) is 12.0. The van der Waals surface area contributed by atoms with E-state index in [1.807, 2.05) is 0 Å². The molecular weight excluding hydrogens is 234 g/mol. The van der Waals surface area contributed by atoms with E-state index in [9.17, 15) is 4.79 Å². The minimum atomic E-state index is -0.326. The molecule has 0 aliphatic heterocycles. The van der Waals surface area contributed by atoms with Gasteiger partial charge >= 0.3 is 0 Å². The van der Waals surface area contributed by atoms with Crippen molar-refractivity contribution in [1.82, 2.24) is 10.2 Å². The molecule has 94 valence electrons. The van der Waals surface area contributed by atoms with E-state index in [2.05, 4.69) is 10.2 Å². The summed E-state index contributed by atoms with van der Waals surface area (Å²) in [4.78, 5) is 11.7. The molecule has 2 rings (SSSR count). The summed E-state index contributed by atoms with van der Waals surface area (Å²) < 4.78 is 10.3. The molecule has 0 amide bonds. The van der Waals surface area contributed by atoms with E-state index in [0.29, 0.717) is 22.6 Å². The number of methoxy groups -OCH3 is 2. The number of rotatable bonds is 3. The highest BCUT2D eigenvalue weighted by Gasteiger charge is 2.11. The Morgan fingerprint density at radius 3 is 2.61 bits per heavy atom. The molecule has 0 bridgehead atoms. The Bertz CT molecular complexity index is 622. The number of hydrogen-bond donors (Lipinski definition) is 2. The molecule has 0 saturated heterocycles. The lowest BCUT2D eigenvalue weighted by Crippen LogP contribution is -2.12. The van der Waals surface area contributed by atoms with Crippen LogP contribution in [0.15, 0.2) is 29.1 Å². The smallest absolute Gasteiger partial charge is 0.272 e. The number of H-pyrrole nitrogens is 1. The van der Waals surface area contributed by atoms with Gasteiger partial charge in [0.05, 0.1) is 19.8 Å².